The normalized spacial score (nSPS) is 12.3. The Labute approximate surface area is 111 Å². The van der Waals surface area contributed by atoms with Crippen LogP contribution in [0, 0.1) is 6.92 Å². The first-order chi connectivity index (χ1) is 9.16. The molecule has 100 valence electrons. The number of carboxylic acids is 1. The van der Waals surface area contributed by atoms with Crippen molar-refractivity contribution in [2.45, 2.75) is 19.4 Å². The maximum absolute atomic E-state index is 11.3. The zero-order valence-corrected chi connectivity index (χ0v) is 10.7. The zero-order chi connectivity index (χ0) is 13.7. The molecular weight excluding hydrogens is 244 g/mol. The van der Waals surface area contributed by atoms with Crippen molar-refractivity contribution in [1.82, 2.24) is 10.3 Å². The van der Waals surface area contributed by atoms with Gasteiger partial charge in [-0.15, -0.1) is 0 Å². The SMILES string of the molecule is Cc1cnc(CNCC(C(=O)O)c2ccccc2)o1. The highest BCUT2D eigenvalue weighted by molar-refractivity contribution is 5.76. The first-order valence-corrected chi connectivity index (χ1v) is 6.06. The van der Waals surface area contributed by atoms with Crippen LogP contribution < -0.4 is 5.32 Å². The van der Waals surface area contributed by atoms with Gasteiger partial charge >= 0.3 is 5.97 Å². The number of nitrogens with zero attached hydrogens (tertiary/aromatic N) is 1. The minimum Gasteiger partial charge on any atom is -0.481 e. The molecule has 2 aromatic rings. The van der Waals surface area contributed by atoms with Gasteiger partial charge in [0.25, 0.3) is 0 Å². The summed E-state index contributed by atoms with van der Waals surface area (Å²) < 4.78 is 5.31. The molecule has 0 bridgehead atoms. The molecule has 0 saturated carbocycles. The first-order valence-electron chi connectivity index (χ1n) is 6.06. The second kappa shape index (κ2) is 6.15. The van der Waals surface area contributed by atoms with Gasteiger partial charge in [-0.25, -0.2) is 4.98 Å². The molecule has 0 aliphatic carbocycles. The van der Waals surface area contributed by atoms with Gasteiger partial charge in [0, 0.05) is 6.54 Å². The van der Waals surface area contributed by atoms with Crippen LogP contribution in [0.4, 0.5) is 0 Å². The van der Waals surface area contributed by atoms with E-state index in [1.54, 1.807) is 6.20 Å². The highest BCUT2D eigenvalue weighted by atomic mass is 16.4. The Morgan fingerprint density at radius 1 is 1.42 bits per heavy atom. The maximum Gasteiger partial charge on any atom is 0.312 e. The molecule has 1 heterocycles. The van der Waals surface area contributed by atoms with Gasteiger partial charge in [-0.1, -0.05) is 30.3 Å². The molecule has 2 N–H and O–H groups in total. The van der Waals surface area contributed by atoms with Crippen molar-refractivity contribution in [2.24, 2.45) is 0 Å². The molecular formula is C14H16N2O3. The number of oxazole rings is 1. The van der Waals surface area contributed by atoms with E-state index in [1.807, 2.05) is 37.3 Å². The van der Waals surface area contributed by atoms with Crippen molar-refractivity contribution in [1.29, 1.82) is 0 Å². The molecule has 1 atom stereocenters. The second-order valence-electron chi connectivity index (χ2n) is 4.30. The molecule has 0 spiro atoms. The summed E-state index contributed by atoms with van der Waals surface area (Å²) in [5.41, 5.74) is 0.783. The summed E-state index contributed by atoms with van der Waals surface area (Å²) in [6, 6.07) is 9.17. The van der Waals surface area contributed by atoms with Crippen LogP contribution in [-0.2, 0) is 11.3 Å². The van der Waals surface area contributed by atoms with Crippen LogP contribution in [-0.4, -0.2) is 22.6 Å². The third-order valence-corrected chi connectivity index (χ3v) is 2.79. The number of hydrogen-bond acceptors (Lipinski definition) is 4. The summed E-state index contributed by atoms with van der Waals surface area (Å²) >= 11 is 0. The van der Waals surface area contributed by atoms with Gasteiger partial charge in [-0.2, -0.15) is 0 Å². The van der Waals surface area contributed by atoms with E-state index in [4.69, 9.17) is 4.42 Å². The minimum absolute atomic E-state index is 0.334. The molecule has 0 amide bonds. The largest absolute Gasteiger partial charge is 0.481 e. The molecule has 5 nitrogen and oxygen atoms in total. The number of aromatic nitrogens is 1. The van der Waals surface area contributed by atoms with E-state index >= 15 is 0 Å². The number of rotatable bonds is 6. The summed E-state index contributed by atoms with van der Waals surface area (Å²) in [7, 11) is 0. The molecule has 1 aromatic carbocycles. The van der Waals surface area contributed by atoms with E-state index < -0.39 is 11.9 Å². The Morgan fingerprint density at radius 3 is 2.74 bits per heavy atom. The number of nitrogens with one attached hydrogen (secondary N) is 1. The van der Waals surface area contributed by atoms with E-state index in [1.165, 1.54) is 0 Å². The number of aryl methyl sites for hydroxylation is 1. The van der Waals surface area contributed by atoms with Crippen molar-refractivity contribution in [3.05, 3.63) is 53.7 Å². The quantitative estimate of drug-likeness (QED) is 0.830. The number of carbonyl (C=O) groups is 1. The lowest BCUT2D eigenvalue weighted by Crippen LogP contribution is -2.26. The van der Waals surface area contributed by atoms with Crippen molar-refractivity contribution >= 4 is 5.97 Å². The lowest BCUT2D eigenvalue weighted by molar-refractivity contribution is -0.138. The van der Waals surface area contributed by atoms with Crippen molar-refractivity contribution in [3.63, 3.8) is 0 Å². The van der Waals surface area contributed by atoms with Gasteiger partial charge in [0.2, 0.25) is 5.89 Å². The number of hydrogen-bond donors (Lipinski definition) is 2. The highest BCUT2D eigenvalue weighted by Crippen LogP contribution is 2.15. The number of aliphatic carboxylic acids is 1. The van der Waals surface area contributed by atoms with E-state index in [0.717, 1.165) is 11.3 Å². The van der Waals surface area contributed by atoms with Gasteiger partial charge in [0.1, 0.15) is 5.76 Å². The van der Waals surface area contributed by atoms with Gasteiger partial charge in [0.15, 0.2) is 0 Å². The highest BCUT2D eigenvalue weighted by Gasteiger charge is 2.19. The average Bonchev–Trinajstić information content (AvgIpc) is 2.81. The van der Waals surface area contributed by atoms with Gasteiger partial charge < -0.3 is 14.8 Å². The van der Waals surface area contributed by atoms with Crippen LogP contribution in [0.5, 0.6) is 0 Å². The Hall–Kier alpha value is -2.14. The second-order valence-corrected chi connectivity index (χ2v) is 4.30. The van der Waals surface area contributed by atoms with Crippen LogP contribution in [0.2, 0.25) is 0 Å². The molecule has 0 aliphatic heterocycles. The predicted molar refractivity (Wildman–Crippen MR) is 69.8 cm³/mol. The topological polar surface area (TPSA) is 75.4 Å². The van der Waals surface area contributed by atoms with E-state index in [9.17, 15) is 9.90 Å². The Balaban J connectivity index is 1.93. The lowest BCUT2D eigenvalue weighted by atomic mass is 9.99. The molecule has 1 aromatic heterocycles. The monoisotopic (exact) mass is 260 g/mol. The summed E-state index contributed by atoms with van der Waals surface area (Å²) in [6.45, 7) is 2.58. The standard InChI is InChI=1S/C14H16N2O3/c1-10-7-16-13(19-10)9-15-8-12(14(17)18)11-5-3-2-4-6-11/h2-7,12,15H,8-9H2,1H3,(H,17,18). The third kappa shape index (κ3) is 3.66. The summed E-state index contributed by atoms with van der Waals surface area (Å²) in [5, 5.41) is 12.3. The molecule has 1 unspecified atom stereocenters. The van der Waals surface area contributed by atoms with Crippen molar-refractivity contribution < 1.29 is 14.3 Å². The van der Waals surface area contributed by atoms with Crippen LogP contribution in [0.3, 0.4) is 0 Å². The summed E-state index contributed by atoms with van der Waals surface area (Å²) in [6.07, 6.45) is 1.64. The van der Waals surface area contributed by atoms with Crippen LogP contribution in [0.15, 0.2) is 40.9 Å². The molecule has 0 radical (unpaired) electrons. The molecule has 0 saturated heterocycles. The van der Waals surface area contributed by atoms with E-state index in [2.05, 4.69) is 10.3 Å². The fourth-order valence-electron chi connectivity index (χ4n) is 1.84. The van der Waals surface area contributed by atoms with Gasteiger partial charge in [-0.05, 0) is 12.5 Å². The van der Waals surface area contributed by atoms with Gasteiger partial charge in [0.05, 0.1) is 18.7 Å². The number of benzene rings is 1. The van der Waals surface area contributed by atoms with Crippen LogP contribution >= 0.6 is 0 Å². The zero-order valence-electron chi connectivity index (χ0n) is 10.7. The van der Waals surface area contributed by atoms with E-state index in [-0.39, 0.29) is 0 Å². The fourth-order valence-corrected chi connectivity index (χ4v) is 1.84. The smallest absolute Gasteiger partial charge is 0.312 e. The molecule has 19 heavy (non-hydrogen) atoms. The van der Waals surface area contributed by atoms with Crippen molar-refractivity contribution in [2.75, 3.05) is 6.54 Å². The van der Waals surface area contributed by atoms with Crippen LogP contribution in [0.1, 0.15) is 23.1 Å². The van der Waals surface area contributed by atoms with Crippen molar-refractivity contribution in [3.8, 4) is 0 Å². The average molecular weight is 260 g/mol. The van der Waals surface area contributed by atoms with Crippen LogP contribution in [0.25, 0.3) is 0 Å². The Bertz CT molecular complexity index is 537. The maximum atomic E-state index is 11.3. The lowest BCUT2D eigenvalue weighted by Gasteiger charge is -2.12. The molecule has 2 rings (SSSR count). The third-order valence-electron chi connectivity index (χ3n) is 2.79. The molecule has 0 aliphatic rings. The Morgan fingerprint density at radius 2 is 2.16 bits per heavy atom. The molecule has 5 heteroatoms. The number of carboxylic acid groups (broad SMARTS) is 1. The fraction of sp³-hybridized carbons (Fsp3) is 0.286. The predicted octanol–water partition coefficient (Wildman–Crippen LogP) is 1.94. The first kappa shape index (κ1) is 13.3. The summed E-state index contributed by atoms with van der Waals surface area (Å²) in [4.78, 5) is 15.3. The minimum atomic E-state index is -0.845. The van der Waals surface area contributed by atoms with E-state index in [0.29, 0.717) is 19.0 Å². The van der Waals surface area contributed by atoms with Gasteiger partial charge in [-0.3, -0.25) is 4.79 Å². The summed E-state index contributed by atoms with van der Waals surface area (Å²) in [5.74, 6) is -0.108. The Kier molecular flexibility index (Phi) is 4.30. The molecule has 0 fully saturated rings.